The number of hydrogen-bond donors (Lipinski definition) is 1. The molecule has 1 heterocycles. The van der Waals surface area contributed by atoms with Crippen LogP contribution < -0.4 is 9.05 Å². The Morgan fingerprint density at radius 1 is 0.742 bits per heavy atom. The zero-order valence-corrected chi connectivity index (χ0v) is 16.3. The first-order valence-corrected chi connectivity index (χ1v) is 10.4. The maximum Gasteiger partial charge on any atom is 0.585 e. The van der Waals surface area contributed by atoms with E-state index in [1.165, 1.54) is 12.1 Å². The van der Waals surface area contributed by atoms with Crippen LogP contribution in [0.5, 0.6) is 11.5 Å². The van der Waals surface area contributed by atoms with E-state index < -0.39 is 40.5 Å². The molecule has 154 valence electrons. The van der Waals surface area contributed by atoms with E-state index in [2.05, 4.69) is 0 Å². The van der Waals surface area contributed by atoms with E-state index in [0.717, 1.165) is 0 Å². The monoisotopic (exact) mass is 438 g/mol. The molecule has 4 aromatic carbocycles. The highest BCUT2D eigenvalue weighted by atomic mass is 31.2. The predicted octanol–water partition coefficient (Wildman–Crippen LogP) is 5.35. The maximum absolute atomic E-state index is 12.7. The van der Waals surface area contributed by atoms with Gasteiger partial charge in [0, 0.05) is 23.3 Å². The Bertz CT molecular complexity index is 1390. The summed E-state index contributed by atoms with van der Waals surface area (Å²) in [6.45, 7) is 0. The standard InChI is InChI=1S/C20H11N2O8P/c23-21(24)15-9-11-5-1-3-7-13(11)17-18-14-8-4-2-6-12(14)10-16(22(25)26)20(18)30-31(27,28)29-19(15)17/h1-10H,(H,27,28). The van der Waals surface area contributed by atoms with Crippen molar-refractivity contribution < 1.29 is 28.4 Å². The molecule has 1 N–H and O–H groups in total. The number of rotatable bonds is 2. The zero-order valence-electron chi connectivity index (χ0n) is 15.4. The van der Waals surface area contributed by atoms with Crippen molar-refractivity contribution in [2.75, 3.05) is 0 Å². The summed E-state index contributed by atoms with van der Waals surface area (Å²) < 4.78 is 22.9. The number of phosphoric ester groups is 1. The van der Waals surface area contributed by atoms with Crippen LogP contribution in [-0.2, 0) is 4.57 Å². The number of nitro groups is 2. The normalized spacial score (nSPS) is 14.1. The van der Waals surface area contributed by atoms with Gasteiger partial charge in [0.1, 0.15) is 0 Å². The van der Waals surface area contributed by atoms with Crippen molar-refractivity contribution in [1.29, 1.82) is 0 Å². The van der Waals surface area contributed by atoms with Crippen LogP contribution in [0.15, 0.2) is 60.7 Å². The second-order valence-electron chi connectivity index (χ2n) is 6.81. The van der Waals surface area contributed by atoms with Crippen LogP contribution in [0.2, 0.25) is 0 Å². The number of nitrogens with zero attached hydrogens (tertiary/aromatic N) is 2. The fraction of sp³-hybridized carbons (Fsp3) is 0. The van der Waals surface area contributed by atoms with Crippen molar-refractivity contribution in [1.82, 2.24) is 0 Å². The number of phosphoric acid groups is 1. The molecule has 10 nitrogen and oxygen atoms in total. The molecular weight excluding hydrogens is 427 g/mol. The molecule has 4 aromatic rings. The van der Waals surface area contributed by atoms with Gasteiger partial charge in [-0.15, -0.1) is 0 Å². The Balaban J connectivity index is 2.11. The molecule has 31 heavy (non-hydrogen) atoms. The van der Waals surface area contributed by atoms with Gasteiger partial charge in [-0.3, -0.25) is 25.1 Å². The number of benzene rings is 4. The summed E-state index contributed by atoms with van der Waals surface area (Å²) in [5, 5.41) is 25.4. The summed E-state index contributed by atoms with van der Waals surface area (Å²) in [5.41, 5.74) is -0.969. The van der Waals surface area contributed by atoms with Gasteiger partial charge in [0.25, 0.3) is 0 Å². The van der Waals surface area contributed by atoms with E-state index in [4.69, 9.17) is 9.05 Å². The van der Waals surface area contributed by atoms with E-state index >= 15 is 0 Å². The highest BCUT2D eigenvalue weighted by Gasteiger charge is 2.41. The average Bonchev–Trinajstić information content (AvgIpc) is 2.85. The topological polar surface area (TPSA) is 142 Å². The second kappa shape index (κ2) is 6.49. The molecule has 5 rings (SSSR count). The Morgan fingerprint density at radius 3 is 1.52 bits per heavy atom. The first kappa shape index (κ1) is 19.0. The lowest BCUT2D eigenvalue weighted by Gasteiger charge is -2.13. The molecule has 11 heteroatoms. The fourth-order valence-corrected chi connectivity index (χ4v) is 4.70. The molecule has 0 atom stereocenters. The van der Waals surface area contributed by atoms with E-state index in [1.54, 1.807) is 48.5 Å². The SMILES string of the molecule is O=[N+]([O-])c1cc2ccccc2c2c1OP(=O)(O)Oc1c([N+](=O)[O-])cc3ccccc3c1-2. The van der Waals surface area contributed by atoms with Gasteiger partial charge in [-0.25, -0.2) is 4.57 Å². The molecule has 0 spiro atoms. The minimum atomic E-state index is -4.99. The smallest absolute Gasteiger partial charge is 0.387 e. The number of nitro benzene ring substituents is 2. The van der Waals surface area contributed by atoms with Gasteiger partial charge in [-0.05, 0) is 21.5 Å². The third-order valence-corrected chi connectivity index (χ3v) is 5.85. The lowest BCUT2D eigenvalue weighted by molar-refractivity contribution is -0.385. The lowest BCUT2D eigenvalue weighted by Crippen LogP contribution is -2.01. The van der Waals surface area contributed by atoms with E-state index in [9.17, 15) is 29.7 Å². The molecule has 0 saturated carbocycles. The third kappa shape index (κ3) is 2.89. The van der Waals surface area contributed by atoms with E-state index in [-0.39, 0.29) is 11.1 Å². The summed E-state index contributed by atoms with van der Waals surface area (Å²) in [6, 6.07) is 15.7. The van der Waals surface area contributed by atoms with E-state index in [0.29, 0.717) is 21.5 Å². The molecule has 0 radical (unpaired) electrons. The third-order valence-electron chi connectivity index (χ3n) is 5.02. The highest BCUT2D eigenvalue weighted by molar-refractivity contribution is 7.48. The van der Waals surface area contributed by atoms with Crippen LogP contribution in [-0.4, -0.2) is 14.7 Å². The summed E-state index contributed by atoms with van der Waals surface area (Å²) in [4.78, 5) is 32.4. The first-order valence-electron chi connectivity index (χ1n) is 8.89. The average molecular weight is 438 g/mol. The van der Waals surface area contributed by atoms with Crippen molar-refractivity contribution in [2.24, 2.45) is 0 Å². The van der Waals surface area contributed by atoms with Gasteiger partial charge in [-0.1, -0.05) is 48.5 Å². The summed E-state index contributed by atoms with van der Waals surface area (Å²) in [5.74, 6) is -0.974. The van der Waals surface area contributed by atoms with Crippen LogP contribution >= 0.6 is 7.82 Å². The van der Waals surface area contributed by atoms with Gasteiger partial charge < -0.3 is 9.05 Å². The Labute approximate surface area is 173 Å². The van der Waals surface area contributed by atoms with Crippen LogP contribution in [0.25, 0.3) is 32.7 Å². The van der Waals surface area contributed by atoms with E-state index in [1.807, 2.05) is 0 Å². The molecule has 0 fully saturated rings. The molecule has 0 unspecified atom stereocenters. The molecule has 0 aromatic heterocycles. The molecule has 1 aliphatic heterocycles. The summed E-state index contributed by atoms with van der Waals surface area (Å²) >= 11 is 0. The van der Waals surface area contributed by atoms with Crippen LogP contribution in [0.3, 0.4) is 0 Å². The Morgan fingerprint density at radius 2 is 1.13 bits per heavy atom. The minimum Gasteiger partial charge on any atom is -0.387 e. The van der Waals surface area contributed by atoms with Gasteiger partial charge in [0.2, 0.25) is 11.5 Å². The summed E-state index contributed by atoms with van der Waals surface area (Å²) in [6.07, 6.45) is 0. The largest absolute Gasteiger partial charge is 0.585 e. The molecule has 0 aliphatic carbocycles. The Hall–Kier alpha value is -4.01. The van der Waals surface area contributed by atoms with Crippen molar-refractivity contribution in [2.45, 2.75) is 0 Å². The zero-order chi connectivity index (χ0) is 21.9. The van der Waals surface area contributed by atoms with Gasteiger partial charge in [0.15, 0.2) is 0 Å². The lowest BCUT2D eigenvalue weighted by atomic mass is 9.91. The van der Waals surface area contributed by atoms with Crippen LogP contribution in [0.1, 0.15) is 0 Å². The maximum atomic E-state index is 12.7. The van der Waals surface area contributed by atoms with Crippen LogP contribution in [0.4, 0.5) is 11.4 Å². The highest BCUT2D eigenvalue weighted by Crippen LogP contribution is 2.61. The molecule has 0 amide bonds. The van der Waals surface area contributed by atoms with Gasteiger partial charge in [-0.2, -0.15) is 0 Å². The van der Waals surface area contributed by atoms with Gasteiger partial charge in [0.05, 0.1) is 9.85 Å². The Kier molecular flexibility index (Phi) is 3.98. The summed E-state index contributed by atoms with van der Waals surface area (Å²) in [7, 11) is -4.99. The second-order valence-corrected chi connectivity index (χ2v) is 8.11. The quantitative estimate of drug-likeness (QED) is 0.251. The van der Waals surface area contributed by atoms with Crippen molar-refractivity contribution in [3.63, 3.8) is 0 Å². The van der Waals surface area contributed by atoms with Crippen molar-refractivity contribution >= 4 is 40.7 Å². The van der Waals surface area contributed by atoms with Crippen molar-refractivity contribution in [3.05, 3.63) is 80.9 Å². The minimum absolute atomic E-state index is 0.0754. The van der Waals surface area contributed by atoms with Gasteiger partial charge >= 0.3 is 19.2 Å². The fourth-order valence-electron chi connectivity index (χ4n) is 3.83. The molecular formula is C20H11N2O8P. The van der Waals surface area contributed by atoms with Crippen LogP contribution in [0, 0.1) is 20.2 Å². The molecule has 0 bridgehead atoms. The molecule has 0 saturated heterocycles. The number of fused-ring (bicyclic) bond motifs is 7. The van der Waals surface area contributed by atoms with Crippen molar-refractivity contribution in [3.8, 4) is 22.6 Å². The first-order chi connectivity index (χ1) is 14.8. The predicted molar refractivity (Wildman–Crippen MR) is 111 cm³/mol. The molecule has 1 aliphatic rings. The number of hydrogen-bond acceptors (Lipinski definition) is 7.